The summed E-state index contributed by atoms with van der Waals surface area (Å²) in [5, 5.41) is 10.0. The van der Waals surface area contributed by atoms with Gasteiger partial charge in [-0.15, -0.1) is 0 Å². The minimum atomic E-state index is 0.163. The normalized spacial score (nSPS) is 11.2. The molecule has 0 spiro atoms. The molecule has 3 rings (SSSR count). The van der Waals surface area contributed by atoms with E-state index in [0.717, 1.165) is 5.56 Å². The van der Waals surface area contributed by atoms with Gasteiger partial charge in [0, 0.05) is 11.1 Å². The second-order valence-corrected chi connectivity index (χ2v) is 6.25. The molecule has 0 saturated heterocycles. The predicted octanol–water partition coefficient (Wildman–Crippen LogP) is 5.34. The van der Waals surface area contributed by atoms with Gasteiger partial charge in [-0.05, 0) is 57.8 Å². The second-order valence-electron chi connectivity index (χ2n) is 4.66. The van der Waals surface area contributed by atoms with Crippen molar-refractivity contribution in [3.8, 4) is 17.2 Å². The number of benzene rings is 2. The molecule has 1 heterocycles. The second kappa shape index (κ2) is 4.90. The standard InChI is InChI=1S/C15H11Br2NO2/c1-7-3-5-9(6-4-7)15-18-12-10(16)11(17)13(19)8(2)14(12)20-15/h3-6,19H,1-2H3. The molecule has 0 amide bonds. The van der Waals surface area contributed by atoms with E-state index < -0.39 is 0 Å². The molecule has 3 aromatic rings. The summed E-state index contributed by atoms with van der Waals surface area (Å²) in [6, 6.07) is 7.97. The highest BCUT2D eigenvalue weighted by molar-refractivity contribution is 9.13. The van der Waals surface area contributed by atoms with Gasteiger partial charge in [0.1, 0.15) is 11.3 Å². The number of hydrogen-bond donors (Lipinski definition) is 1. The Kier molecular flexibility index (Phi) is 3.34. The fourth-order valence-corrected chi connectivity index (χ4v) is 2.96. The lowest BCUT2D eigenvalue weighted by molar-refractivity contribution is 0.466. The van der Waals surface area contributed by atoms with Crippen LogP contribution in [0.25, 0.3) is 22.6 Å². The van der Waals surface area contributed by atoms with Crippen LogP contribution in [0.3, 0.4) is 0 Å². The summed E-state index contributed by atoms with van der Waals surface area (Å²) in [5.74, 6) is 0.706. The third-order valence-corrected chi connectivity index (χ3v) is 5.31. The molecule has 0 aliphatic carbocycles. The number of aromatic nitrogens is 1. The van der Waals surface area contributed by atoms with Crippen LogP contribution in [0.1, 0.15) is 11.1 Å². The minimum absolute atomic E-state index is 0.163. The molecule has 1 N–H and O–H groups in total. The third kappa shape index (κ3) is 2.05. The molecule has 0 unspecified atom stereocenters. The first-order chi connectivity index (χ1) is 9.49. The fourth-order valence-electron chi connectivity index (χ4n) is 2.02. The molecule has 102 valence electrons. The van der Waals surface area contributed by atoms with Gasteiger partial charge in [-0.1, -0.05) is 17.7 Å². The highest BCUT2D eigenvalue weighted by Gasteiger charge is 2.19. The molecular formula is C15H11Br2NO2. The van der Waals surface area contributed by atoms with Crippen molar-refractivity contribution in [2.45, 2.75) is 13.8 Å². The number of hydrogen-bond acceptors (Lipinski definition) is 3. The van der Waals surface area contributed by atoms with Crippen molar-refractivity contribution in [2.75, 3.05) is 0 Å². The molecule has 0 bridgehead atoms. The third-order valence-electron chi connectivity index (χ3n) is 3.23. The molecule has 0 radical (unpaired) electrons. The molecule has 2 aromatic carbocycles. The average Bonchev–Trinajstić information content (AvgIpc) is 2.89. The van der Waals surface area contributed by atoms with Crippen molar-refractivity contribution in [3.63, 3.8) is 0 Å². The van der Waals surface area contributed by atoms with Gasteiger partial charge in [0.2, 0.25) is 5.89 Å². The first-order valence-corrected chi connectivity index (χ1v) is 7.61. The van der Waals surface area contributed by atoms with Crippen LogP contribution in [0, 0.1) is 13.8 Å². The van der Waals surface area contributed by atoms with Crippen LogP contribution in [-0.4, -0.2) is 10.1 Å². The Labute approximate surface area is 132 Å². The van der Waals surface area contributed by atoms with Crippen LogP contribution in [0.15, 0.2) is 37.6 Å². The molecule has 3 nitrogen and oxygen atoms in total. The number of rotatable bonds is 1. The molecule has 0 aliphatic heterocycles. The van der Waals surface area contributed by atoms with Crippen molar-refractivity contribution < 1.29 is 9.52 Å². The van der Waals surface area contributed by atoms with Gasteiger partial charge in [0.25, 0.3) is 0 Å². The zero-order chi connectivity index (χ0) is 14.4. The van der Waals surface area contributed by atoms with Crippen molar-refractivity contribution >= 4 is 43.0 Å². The van der Waals surface area contributed by atoms with E-state index in [1.54, 1.807) is 6.92 Å². The number of oxazole rings is 1. The number of fused-ring (bicyclic) bond motifs is 1. The molecule has 0 aliphatic rings. The van der Waals surface area contributed by atoms with Gasteiger partial charge in [0.05, 0.1) is 8.95 Å². The maximum Gasteiger partial charge on any atom is 0.227 e. The van der Waals surface area contributed by atoms with Gasteiger partial charge < -0.3 is 9.52 Å². The summed E-state index contributed by atoms with van der Waals surface area (Å²) in [6.07, 6.45) is 0. The van der Waals surface area contributed by atoms with E-state index in [-0.39, 0.29) is 5.75 Å². The molecule has 0 saturated carbocycles. The Morgan fingerprint density at radius 1 is 1.05 bits per heavy atom. The van der Waals surface area contributed by atoms with Gasteiger partial charge in [-0.2, -0.15) is 0 Å². The highest BCUT2D eigenvalue weighted by Crippen LogP contribution is 2.42. The lowest BCUT2D eigenvalue weighted by Gasteiger charge is -2.03. The summed E-state index contributed by atoms with van der Waals surface area (Å²) < 4.78 is 7.10. The van der Waals surface area contributed by atoms with E-state index in [1.807, 2.05) is 31.2 Å². The van der Waals surface area contributed by atoms with Crippen molar-refractivity contribution in [2.24, 2.45) is 0 Å². The van der Waals surface area contributed by atoms with Crippen LogP contribution >= 0.6 is 31.9 Å². The van der Waals surface area contributed by atoms with E-state index >= 15 is 0 Å². The first kappa shape index (κ1) is 13.6. The van der Waals surface area contributed by atoms with Gasteiger partial charge in [-0.25, -0.2) is 4.98 Å². The zero-order valence-electron chi connectivity index (χ0n) is 10.9. The van der Waals surface area contributed by atoms with Crippen LogP contribution in [0.4, 0.5) is 0 Å². The summed E-state index contributed by atoms with van der Waals surface area (Å²) in [7, 11) is 0. The molecular weight excluding hydrogens is 386 g/mol. The molecule has 5 heteroatoms. The Morgan fingerprint density at radius 3 is 2.35 bits per heavy atom. The Morgan fingerprint density at radius 2 is 1.70 bits per heavy atom. The quantitative estimate of drug-likeness (QED) is 0.603. The zero-order valence-corrected chi connectivity index (χ0v) is 14.0. The molecule has 1 aromatic heterocycles. The average molecular weight is 397 g/mol. The maximum absolute atomic E-state index is 10.0. The molecule has 0 fully saturated rings. The number of phenolic OH excluding ortho intramolecular Hbond substituents is 1. The van der Waals surface area contributed by atoms with Crippen molar-refractivity contribution in [1.82, 2.24) is 4.98 Å². The highest BCUT2D eigenvalue weighted by atomic mass is 79.9. The number of aryl methyl sites for hydroxylation is 2. The maximum atomic E-state index is 10.0. The van der Waals surface area contributed by atoms with Crippen molar-refractivity contribution in [3.05, 3.63) is 44.3 Å². The van der Waals surface area contributed by atoms with Crippen LogP contribution in [-0.2, 0) is 0 Å². The lowest BCUT2D eigenvalue weighted by atomic mass is 10.1. The predicted molar refractivity (Wildman–Crippen MR) is 86.0 cm³/mol. The largest absolute Gasteiger partial charge is 0.506 e. The summed E-state index contributed by atoms with van der Waals surface area (Å²) >= 11 is 6.78. The number of phenols is 1. The van der Waals surface area contributed by atoms with E-state index in [1.165, 1.54) is 5.56 Å². The van der Waals surface area contributed by atoms with E-state index in [2.05, 4.69) is 36.8 Å². The SMILES string of the molecule is Cc1ccc(-c2nc3c(Br)c(Br)c(O)c(C)c3o2)cc1. The molecule has 20 heavy (non-hydrogen) atoms. The number of aromatic hydroxyl groups is 1. The Bertz CT molecular complexity index is 762. The van der Waals surface area contributed by atoms with Crippen LogP contribution < -0.4 is 0 Å². The van der Waals surface area contributed by atoms with E-state index in [4.69, 9.17) is 4.42 Å². The monoisotopic (exact) mass is 395 g/mol. The number of nitrogens with zero attached hydrogens (tertiary/aromatic N) is 1. The minimum Gasteiger partial charge on any atom is -0.506 e. The Balaban J connectivity index is 2.28. The molecule has 0 atom stereocenters. The lowest BCUT2D eigenvalue weighted by Crippen LogP contribution is -1.82. The fraction of sp³-hybridized carbons (Fsp3) is 0.133. The summed E-state index contributed by atoms with van der Waals surface area (Å²) in [5.41, 5.74) is 4.05. The first-order valence-electron chi connectivity index (χ1n) is 6.03. The van der Waals surface area contributed by atoms with Gasteiger partial charge >= 0.3 is 0 Å². The van der Waals surface area contributed by atoms with E-state index in [0.29, 0.717) is 31.5 Å². The topological polar surface area (TPSA) is 46.3 Å². The van der Waals surface area contributed by atoms with E-state index in [9.17, 15) is 5.11 Å². The van der Waals surface area contributed by atoms with Gasteiger partial charge in [-0.3, -0.25) is 0 Å². The summed E-state index contributed by atoms with van der Waals surface area (Å²) in [4.78, 5) is 4.52. The Hall–Kier alpha value is -1.33. The summed E-state index contributed by atoms with van der Waals surface area (Å²) in [6.45, 7) is 3.84. The van der Waals surface area contributed by atoms with Crippen molar-refractivity contribution in [1.29, 1.82) is 0 Å². The van der Waals surface area contributed by atoms with Crippen LogP contribution in [0.2, 0.25) is 0 Å². The van der Waals surface area contributed by atoms with Crippen LogP contribution in [0.5, 0.6) is 5.75 Å². The van der Waals surface area contributed by atoms with Gasteiger partial charge in [0.15, 0.2) is 5.58 Å². The number of halogens is 2. The smallest absolute Gasteiger partial charge is 0.227 e.